The molecule has 118 valence electrons. The first-order valence-electron chi connectivity index (χ1n) is 7.05. The van der Waals surface area contributed by atoms with Crippen LogP contribution in [-0.4, -0.2) is 47.7 Å². The highest BCUT2D eigenvalue weighted by Crippen LogP contribution is 2.49. The van der Waals surface area contributed by atoms with E-state index in [1.165, 1.54) is 17.0 Å². The zero-order valence-corrected chi connectivity index (χ0v) is 11.7. The van der Waals surface area contributed by atoms with Gasteiger partial charge in [-0.3, -0.25) is 4.79 Å². The maximum atomic E-state index is 13.7. The van der Waals surface area contributed by atoms with E-state index in [2.05, 4.69) is 0 Å². The first-order chi connectivity index (χ1) is 10.5. The highest BCUT2D eigenvalue weighted by atomic mass is 19.1. The third-order valence-corrected chi connectivity index (χ3v) is 4.12. The van der Waals surface area contributed by atoms with Crippen LogP contribution >= 0.6 is 0 Å². The monoisotopic (exact) mass is 311 g/mol. The molecule has 1 N–H and O–H groups in total. The van der Waals surface area contributed by atoms with Crippen LogP contribution in [0.25, 0.3) is 0 Å². The Kier molecular flexibility index (Phi) is 3.82. The number of ether oxygens (including phenoxy) is 1. The lowest BCUT2D eigenvalue weighted by atomic mass is 10.1. The number of nitrogens with zero attached hydrogens (tertiary/aromatic N) is 1. The number of carbonyl (C=O) groups is 2. The molecule has 5 nitrogen and oxygen atoms in total. The first-order valence-corrected chi connectivity index (χ1v) is 7.05. The summed E-state index contributed by atoms with van der Waals surface area (Å²) in [5.74, 6) is -3.22. The van der Waals surface area contributed by atoms with Crippen LogP contribution in [-0.2, 0) is 14.3 Å². The Morgan fingerprint density at radius 1 is 1.32 bits per heavy atom. The third-order valence-electron chi connectivity index (χ3n) is 4.12. The molecule has 3 atom stereocenters. The van der Waals surface area contributed by atoms with Crippen LogP contribution in [0.15, 0.2) is 18.2 Å². The molecular weight excluding hydrogens is 296 g/mol. The molecule has 22 heavy (non-hydrogen) atoms. The van der Waals surface area contributed by atoms with Crippen LogP contribution in [0.1, 0.15) is 17.9 Å². The molecule has 0 bridgehead atoms. The van der Waals surface area contributed by atoms with Crippen LogP contribution in [0.4, 0.5) is 8.78 Å². The van der Waals surface area contributed by atoms with E-state index in [1.54, 1.807) is 0 Å². The van der Waals surface area contributed by atoms with Gasteiger partial charge in [0.2, 0.25) is 5.91 Å². The SMILES string of the molecule is O=C(O)C1CN(C(=O)C2CC2c2ccc(F)cc2F)CCO1. The molecule has 2 fully saturated rings. The number of morpholine rings is 1. The van der Waals surface area contributed by atoms with E-state index in [9.17, 15) is 18.4 Å². The number of rotatable bonds is 3. The van der Waals surface area contributed by atoms with Gasteiger partial charge in [-0.25, -0.2) is 13.6 Å². The molecule has 3 rings (SSSR count). The maximum Gasteiger partial charge on any atom is 0.334 e. The third kappa shape index (κ3) is 2.81. The fourth-order valence-electron chi connectivity index (χ4n) is 2.85. The summed E-state index contributed by atoms with van der Waals surface area (Å²) in [7, 11) is 0. The number of carboxylic acid groups (broad SMARTS) is 1. The van der Waals surface area contributed by atoms with Crippen molar-refractivity contribution >= 4 is 11.9 Å². The molecule has 1 saturated heterocycles. The second kappa shape index (κ2) is 5.64. The highest BCUT2D eigenvalue weighted by molar-refractivity contribution is 5.84. The standard InChI is InChI=1S/C15H15F2NO4/c16-8-1-2-9(12(17)5-8)10-6-11(10)14(19)18-3-4-22-13(7-18)15(20)21/h1-2,5,10-11,13H,3-4,6-7H2,(H,20,21). The predicted octanol–water partition coefficient (Wildman–Crippen LogP) is 1.38. The zero-order chi connectivity index (χ0) is 15.9. The number of hydrogen-bond acceptors (Lipinski definition) is 3. The summed E-state index contributed by atoms with van der Waals surface area (Å²) in [5.41, 5.74) is 0.336. The minimum Gasteiger partial charge on any atom is -0.479 e. The zero-order valence-electron chi connectivity index (χ0n) is 11.7. The molecular formula is C15H15F2NO4. The minimum absolute atomic E-state index is 0.00326. The van der Waals surface area contributed by atoms with Gasteiger partial charge in [0.25, 0.3) is 0 Å². The molecule has 3 unspecified atom stereocenters. The molecule has 1 aliphatic heterocycles. The summed E-state index contributed by atoms with van der Waals surface area (Å²) >= 11 is 0. The normalized spacial score (nSPS) is 27.5. The van der Waals surface area contributed by atoms with Gasteiger partial charge in [0.15, 0.2) is 6.10 Å². The van der Waals surface area contributed by atoms with Crippen molar-refractivity contribution in [1.82, 2.24) is 4.90 Å². The number of halogens is 2. The Labute approximate surface area is 125 Å². The van der Waals surface area contributed by atoms with E-state index in [-0.39, 0.29) is 30.9 Å². The summed E-state index contributed by atoms with van der Waals surface area (Å²) in [6.07, 6.45) is -0.520. The van der Waals surface area contributed by atoms with Crippen LogP contribution in [0, 0.1) is 17.6 Å². The molecule has 1 amide bonds. The van der Waals surface area contributed by atoms with Crippen LogP contribution in [0.2, 0.25) is 0 Å². The lowest BCUT2D eigenvalue weighted by Crippen LogP contribution is -2.49. The summed E-state index contributed by atoms with van der Waals surface area (Å²) in [6.45, 7) is 0.506. The van der Waals surface area contributed by atoms with E-state index >= 15 is 0 Å². The van der Waals surface area contributed by atoms with Gasteiger partial charge in [-0.15, -0.1) is 0 Å². The Morgan fingerprint density at radius 3 is 2.77 bits per heavy atom. The number of amides is 1. The molecule has 0 radical (unpaired) electrons. The molecule has 0 spiro atoms. The number of benzene rings is 1. The number of carboxylic acids is 1. The van der Waals surface area contributed by atoms with Crippen molar-refractivity contribution in [3.8, 4) is 0 Å². The van der Waals surface area contributed by atoms with Crippen LogP contribution in [0.3, 0.4) is 0 Å². The Morgan fingerprint density at radius 2 is 2.09 bits per heavy atom. The van der Waals surface area contributed by atoms with Crippen molar-refractivity contribution in [3.05, 3.63) is 35.4 Å². The summed E-state index contributed by atoms with van der Waals surface area (Å²) < 4.78 is 31.7. The van der Waals surface area contributed by atoms with Crippen molar-refractivity contribution < 1.29 is 28.2 Å². The van der Waals surface area contributed by atoms with Gasteiger partial charge in [-0.2, -0.15) is 0 Å². The van der Waals surface area contributed by atoms with Crippen LogP contribution in [0.5, 0.6) is 0 Å². The second-order valence-electron chi connectivity index (χ2n) is 5.60. The number of carbonyl (C=O) groups excluding carboxylic acids is 1. The predicted molar refractivity (Wildman–Crippen MR) is 71.2 cm³/mol. The van der Waals surface area contributed by atoms with Crippen molar-refractivity contribution in [2.24, 2.45) is 5.92 Å². The quantitative estimate of drug-likeness (QED) is 0.916. The Balaban J connectivity index is 1.66. The van der Waals surface area contributed by atoms with Crippen molar-refractivity contribution in [2.75, 3.05) is 19.7 Å². The highest BCUT2D eigenvalue weighted by Gasteiger charge is 2.47. The molecule has 7 heteroatoms. The molecule has 1 saturated carbocycles. The van der Waals surface area contributed by atoms with Gasteiger partial charge in [0.05, 0.1) is 13.2 Å². The first kappa shape index (κ1) is 14.9. The lowest BCUT2D eigenvalue weighted by molar-refractivity contribution is -0.159. The average molecular weight is 311 g/mol. The molecule has 1 heterocycles. The molecule has 1 aromatic carbocycles. The second-order valence-corrected chi connectivity index (χ2v) is 5.60. The smallest absolute Gasteiger partial charge is 0.334 e. The molecule has 1 aromatic rings. The van der Waals surface area contributed by atoms with Crippen molar-refractivity contribution in [1.29, 1.82) is 0 Å². The molecule has 0 aromatic heterocycles. The van der Waals surface area contributed by atoms with E-state index in [0.29, 0.717) is 18.5 Å². The molecule has 1 aliphatic carbocycles. The van der Waals surface area contributed by atoms with E-state index in [4.69, 9.17) is 9.84 Å². The minimum atomic E-state index is -1.10. The lowest BCUT2D eigenvalue weighted by Gasteiger charge is -2.31. The van der Waals surface area contributed by atoms with Gasteiger partial charge in [-0.05, 0) is 24.0 Å². The Hall–Kier alpha value is -2.02. The summed E-state index contributed by atoms with van der Waals surface area (Å²) in [6, 6.07) is 3.35. The Bertz CT molecular complexity index is 622. The topological polar surface area (TPSA) is 66.8 Å². The largest absolute Gasteiger partial charge is 0.479 e. The van der Waals surface area contributed by atoms with E-state index < -0.39 is 23.7 Å². The van der Waals surface area contributed by atoms with E-state index in [0.717, 1.165) is 6.07 Å². The van der Waals surface area contributed by atoms with Crippen LogP contribution < -0.4 is 0 Å². The van der Waals surface area contributed by atoms with Gasteiger partial charge >= 0.3 is 5.97 Å². The number of aliphatic carboxylic acids is 1. The van der Waals surface area contributed by atoms with Crippen molar-refractivity contribution in [3.63, 3.8) is 0 Å². The molecule has 2 aliphatic rings. The van der Waals surface area contributed by atoms with E-state index in [1.807, 2.05) is 0 Å². The van der Waals surface area contributed by atoms with Gasteiger partial charge < -0.3 is 14.7 Å². The van der Waals surface area contributed by atoms with Crippen molar-refractivity contribution in [2.45, 2.75) is 18.4 Å². The maximum absolute atomic E-state index is 13.7. The summed E-state index contributed by atoms with van der Waals surface area (Å²) in [5, 5.41) is 8.94. The fraction of sp³-hybridized carbons (Fsp3) is 0.467. The van der Waals surface area contributed by atoms with Gasteiger partial charge in [0.1, 0.15) is 11.6 Å². The average Bonchev–Trinajstić information content (AvgIpc) is 3.27. The fourth-order valence-corrected chi connectivity index (χ4v) is 2.85. The number of hydrogen-bond donors (Lipinski definition) is 1. The van der Waals surface area contributed by atoms with Gasteiger partial charge in [-0.1, -0.05) is 6.07 Å². The van der Waals surface area contributed by atoms with Gasteiger partial charge in [0, 0.05) is 18.5 Å². The summed E-state index contributed by atoms with van der Waals surface area (Å²) in [4.78, 5) is 24.7.